The molecule has 0 spiro atoms. The number of benzene rings is 1. The lowest BCUT2D eigenvalue weighted by Crippen LogP contribution is -2.60. The second-order valence-electron chi connectivity index (χ2n) is 14.7. The van der Waals surface area contributed by atoms with Crippen LogP contribution >= 0.6 is 0 Å². The lowest BCUT2D eigenvalue weighted by atomic mass is 9.75. The molecule has 13 heteroatoms. The summed E-state index contributed by atoms with van der Waals surface area (Å²) in [5, 5.41) is 14.1. The highest BCUT2D eigenvalue weighted by Gasteiger charge is 2.55. The Balaban J connectivity index is 1.80. The van der Waals surface area contributed by atoms with Crippen molar-refractivity contribution in [3.63, 3.8) is 0 Å². The number of nitrogens with zero attached hydrogens (tertiary/aromatic N) is 1. The third kappa shape index (κ3) is 8.62. The van der Waals surface area contributed by atoms with Gasteiger partial charge in [0.15, 0.2) is 18.2 Å². The Hall–Kier alpha value is -3.23. The molecular formula is C37H53FN2O10. The monoisotopic (exact) mass is 704 g/mol. The Kier molecular flexibility index (Phi) is 12.6. The Labute approximate surface area is 294 Å². The average Bonchev–Trinajstić information content (AvgIpc) is 3.46. The molecule has 13 atom stereocenters. The van der Waals surface area contributed by atoms with Crippen LogP contribution in [0.15, 0.2) is 36.4 Å². The zero-order chi connectivity index (χ0) is 37.1. The van der Waals surface area contributed by atoms with Gasteiger partial charge < -0.3 is 39.0 Å². The number of aliphatic hydroxyl groups excluding tert-OH is 1. The summed E-state index contributed by atoms with van der Waals surface area (Å²) in [5.41, 5.74) is -3.73. The fourth-order valence-corrected chi connectivity index (χ4v) is 7.43. The van der Waals surface area contributed by atoms with Crippen molar-refractivity contribution >= 4 is 29.7 Å². The number of carbonyl (C=O) groups excluding carboxylic acids is 4. The molecule has 3 saturated heterocycles. The molecule has 1 amide bonds. The first-order valence-electron chi connectivity index (χ1n) is 17.3. The van der Waals surface area contributed by atoms with Gasteiger partial charge in [-0.25, -0.2) is 14.0 Å². The van der Waals surface area contributed by atoms with Crippen molar-refractivity contribution in [2.75, 3.05) is 20.7 Å². The zero-order valence-corrected chi connectivity index (χ0v) is 30.5. The number of carbonyl (C=O) groups is 4. The van der Waals surface area contributed by atoms with Gasteiger partial charge in [-0.05, 0) is 60.2 Å². The van der Waals surface area contributed by atoms with Gasteiger partial charge in [0.2, 0.25) is 0 Å². The first-order valence-corrected chi connectivity index (χ1v) is 17.3. The number of likely N-dealkylation sites (N-methyl/N-ethyl adjacent to an activating group) is 1. The minimum absolute atomic E-state index is 0.00841. The number of Topliss-reactive ketones (excluding diaryl/α,β-unsaturated/α-hetero) is 2. The van der Waals surface area contributed by atoms with Crippen molar-refractivity contribution < 1.29 is 52.4 Å². The SMILES string of the molecule is C[C@@H]1C[C@H](N(C)C)[C@@H](O)[C@H](O[C@@H]2[C@@H](C)C(=O)C(C)(F)C(=O)O[C@@H](C)C3OC(=O)NC3[C@@H](C)C(=O)[C@H](C)C[C@]2(C)OC/C=C/c2ccccc2)O1. The summed E-state index contributed by atoms with van der Waals surface area (Å²) in [6.07, 6.45) is -3.09. The fourth-order valence-electron chi connectivity index (χ4n) is 7.43. The van der Waals surface area contributed by atoms with E-state index in [1.54, 1.807) is 26.8 Å². The van der Waals surface area contributed by atoms with E-state index in [1.807, 2.05) is 62.3 Å². The van der Waals surface area contributed by atoms with Crippen LogP contribution in [0, 0.1) is 17.8 Å². The maximum absolute atomic E-state index is 16.5. The highest BCUT2D eigenvalue weighted by Crippen LogP contribution is 2.39. The predicted molar refractivity (Wildman–Crippen MR) is 182 cm³/mol. The molecule has 4 rings (SSSR count). The van der Waals surface area contributed by atoms with Crippen molar-refractivity contribution in [1.29, 1.82) is 0 Å². The Morgan fingerprint density at radius 2 is 1.68 bits per heavy atom. The van der Waals surface area contributed by atoms with Crippen molar-refractivity contribution in [2.45, 2.75) is 121 Å². The number of ketones is 2. The summed E-state index contributed by atoms with van der Waals surface area (Å²) in [6, 6.07) is 8.25. The van der Waals surface area contributed by atoms with Crippen LogP contribution in [0.25, 0.3) is 6.08 Å². The second kappa shape index (κ2) is 16.0. The highest BCUT2D eigenvalue weighted by molar-refractivity contribution is 6.07. The van der Waals surface area contributed by atoms with Gasteiger partial charge in [-0.1, -0.05) is 63.3 Å². The second-order valence-corrected chi connectivity index (χ2v) is 14.7. The Morgan fingerprint density at radius 1 is 1.02 bits per heavy atom. The number of hydrogen-bond acceptors (Lipinski definition) is 11. The predicted octanol–water partition coefficient (Wildman–Crippen LogP) is 3.87. The van der Waals surface area contributed by atoms with Gasteiger partial charge >= 0.3 is 12.1 Å². The third-order valence-electron chi connectivity index (χ3n) is 10.3. The first kappa shape index (κ1) is 39.6. The summed E-state index contributed by atoms with van der Waals surface area (Å²) < 4.78 is 46.4. The average molecular weight is 705 g/mol. The standard InChI is InChI=1S/C37H53FN2O10/c1-20-19-36(6,46-17-13-16-25-14-11-10-12-15-25)32(50-33-29(42)26(40(8)9)18-21(2)47-33)23(4)31(43)37(7,38)34(44)48-24(5)30-27(22(3)28(20)41)39-35(45)49-30/h10-16,20-24,26-27,29-30,32-33,42H,17-19H2,1-9H3,(H,39,45)/b16-13+/t20-,21-,22-,23+,24+,26+,27?,29-,30?,32-,33+,36+,37?/m1/s1. The molecule has 0 aromatic heterocycles. The summed E-state index contributed by atoms with van der Waals surface area (Å²) in [5.74, 6) is -5.80. The maximum atomic E-state index is 16.5. The van der Waals surface area contributed by atoms with E-state index in [4.69, 9.17) is 23.7 Å². The van der Waals surface area contributed by atoms with Crippen molar-refractivity contribution in [1.82, 2.24) is 10.2 Å². The fraction of sp³-hybridized carbons (Fsp3) is 0.676. The number of fused-ring (bicyclic) bond motifs is 1. The number of nitrogens with one attached hydrogen (secondary N) is 1. The highest BCUT2D eigenvalue weighted by atomic mass is 19.1. The zero-order valence-electron chi connectivity index (χ0n) is 30.5. The molecule has 278 valence electrons. The van der Waals surface area contributed by atoms with Gasteiger partial charge in [-0.3, -0.25) is 9.59 Å². The van der Waals surface area contributed by atoms with E-state index in [2.05, 4.69) is 5.32 Å². The molecule has 3 aliphatic heterocycles. The van der Waals surface area contributed by atoms with Crippen LogP contribution in [0.2, 0.25) is 0 Å². The van der Waals surface area contributed by atoms with Gasteiger partial charge in [-0.2, -0.15) is 0 Å². The molecule has 3 heterocycles. The summed E-state index contributed by atoms with van der Waals surface area (Å²) in [4.78, 5) is 55.7. The van der Waals surface area contributed by atoms with Gasteiger partial charge in [0.1, 0.15) is 18.0 Å². The van der Waals surface area contributed by atoms with E-state index < -0.39 is 83.6 Å². The Bertz CT molecular complexity index is 1410. The molecule has 0 bridgehead atoms. The number of amides is 1. The van der Waals surface area contributed by atoms with Gasteiger partial charge in [0.05, 0.1) is 30.5 Å². The first-order chi connectivity index (χ1) is 23.4. The van der Waals surface area contributed by atoms with E-state index in [0.29, 0.717) is 6.42 Å². The van der Waals surface area contributed by atoms with Crippen molar-refractivity contribution in [2.24, 2.45) is 17.8 Å². The molecule has 1 aromatic carbocycles. The van der Waals surface area contributed by atoms with Gasteiger partial charge in [0, 0.05) is 23.8 Å². The summed E-state index contributed by atoms with van der Waals surface area (Å²) in [7, 11) is 3.64. The number of alkyl carbamates (subject to hydrolysis) is 1. The minimum atomic E-state index is -3.16. The molecule has 3 aliphatic rings. The number of hydrogen-bond donors (Lipinski definition) is 2. The Morgan fingerprint density at radius 3 is 2.32 bits per heavy atom. The molecule has 1 aromatic rings. The van der Waals surface area contributed by atoms with Gasteiger partial charge in [0.25, 0.3) is 5.67 Å². The lowest BCUT2D eigenvalue weighted by molar-refractivity contribution is -0.297. The van der Waals surface area contributed by atoms with E-state index in [9.17, 15) is 24.3 Å². The topological polar surface area (TPSA) is 150 Å². The third-order valence-corrected chi connectivity index (χ3v) is 10.3. The number of halogens is 1. The van der Waals surface area contributed by atoms with E-state index in [1.165, 1.54) is 13.8 Å². The van der Waals surface area contributed by atoms with Gasteiger partial charge in [-0.15, -0.1) is 0 Å². The van der Waals surface area contributed by atoms with E-state index in [-0.39, 0.29) is 31.0 Å². The maximum Gasteiger partial charge on any atom is 0.407 e. The van der Waals surface area contributed by atoms with Crippen LogP contribution < -0.4 is 5.32 Å². The van der Waals surface area contributed by atoms with E-state index >= 15 is 4.39 Å². The normalized spacial score (nSPS) is 40.6. The van der Waals surface area contributed by atoms with Crippen molar-refractivity contribution in [3.05, 3.63) is 42.0 Å². The molecule has 0 aliphatic carbocycles. The molecule has 50 heavy (non-hydrogen) atoms. The number of rotatable bonds is 7. The smallest absolute Gasteiger partial charge is 0.407 e. The molecule has 0 saturated carbocycles. The lowest BCUT2D eigenvalue weighted by Gasteiger charge is -2.47. The molecule has 12 nitrogen and oxygen atoms in total. The molecule has 3 unspecified atom stereocenters. The quantitative estimate of drug-likeness (QED) is 0.315. The number of cyclic esters (lactones) is 1. The molecule has 0 radical (unpaired) electrons. The number of esters is 1. The van der Waals surface area contributed by atoms with Crippen molar-refractivity contribution in [3.8, 4) is 0 Å². The molecule has 3 fully saturated rings. The number of alkyl halides is 1. The summed E-state index contributed by atoms with van der Waals surface area (Å²) in [6.45, 7) is 10.5. The summed E-state index contributed by atoms with van der Waals surface area (Å²) >= 11 is 0. The molecule has 2 N–H and O–H groups in total. The largest absolute Gasteiger partial charge is 0.456 e. The van der Waals surface area contributed by atoms with Crippen LogP contribution in [0.5, 0.6) is 0 Å². The number of ether oxygens (including phenoxy) is 5. The van der Waals surface area contributed by atoms with Crippen LogP contribution in [-0.4, -0.2) is 115 Å². The van der Waals surface area contributed by atoms with Crippen LogP contribution in [0.4, 0.5) is 9.18 Å². The number of aliphatic hydroxyl groups is 1. The van der Waals surface area contributed by atoms with E-state index in [0.717, 1.165) is 12.5 Å². The minimum Gasteiger partial charge on any atom is -0.456 e. The molecular weight excluding hydrogens is 651 g/mol. The van der Waals surface area contributed by atoms with Crippen LogP contribution in [0.3, 0.4) is 0 Å². The van der Waals surface area contributed by atoms with Crippen LogP contribution in [0.1, 0.15) is 66.9 Å². The van der Waals surface area contributed by atoms with Crippen LogP contribution in [-0.2, 0) is 38.1 Å².